The largest absolute Gasteiger partial charge is 0.482 e. The Morgan fingerprint density at radius 1 is 1.10 bits per heavy atom. The van der Waals surface area contributed by atoms with Crippen LogP contribution in [0.15, 0.2) is 36.4 Å². The van der Waals surface area contributed by atoms with Crippen LogP contribution in [-0.2, 0) is 4.79 Å². The zero-order chi connectivity index (χ0) is 15.4. The van der Waals surface area contributed by atoms with E-state index in [1.807, 2.05) is 6.92 Å². The van der Waals surface area contributed by atoms with Crippen LogP contribution in [0.3, 0.4) is 0 Å². The molecule has 0 aromatic heterocycles. The molecular weight excluding hydrogens is 333 g/mol. The summed E-state index contributed by atoms with van der Waals surface area (Å²) in [6.07, 6.45) is 0. The summed E-state index contributed by atoms with van der Waals surface area (Å²) in [5, 5.41) is 4.23. The van der Waals surface area contributed by atoms with Crippen LogP contribution in [0.2, 0.25) is 15.1 Å². The Hall–Kier alpha value is -1.42. The second-order valence-electron chi connectivity index (χ2n) is 4.37. The Morgan fingerprint density at radius 3 is 2.43 bits per heavy atom. The van der Waals surface area contributed by atoms with Gasteiger partial charge >= 0.3 is 0 Å². The lowest BCUT2D eigenvalue weighted by molar-refractivity contribution is -0.118. The molecule has 0 spiro atoms. The van der Waals surface area contributed by atoms with Gasteiger partial charge < -0.3 is 10.1 Å². The lowest BCUT2D eigenvalue weighted by atomic mass is 10.2. The molecule has 1 amide bonds. The number of rotatable bonds is 4. The average Bonchev–Trinajstić information content (AvgIpc) is 2.41. The van der Waals surface area contributed by atoms with Crippen LogP contribution >= 0.6 is 34.8 Å². The first-order valence-corrected chi connectivity index (χ1v) is 7.23. The molecule has 3 nitrogen and oxygen atoms in total. The van der Waals surface area contributed by atoms with Crippen LogP contribution in [0, 0.1) is 6.92 Å². The van der Waals surface area contributed by atoms with Crippen LogP contribution < -0.4 is 10.1 Å². The van der Waals surface area contributed by atoms with E-state index in [0.29, 0.717) is 26.5 Å². The van der Waals surface area contributed by atoms with E-state index in [2.05, 4.69) is 5.32 Å². The number of halogens is 3. The summed E-state index contributed by atoms with van der Waals surface area (Å²) in [7, 11) is 0. The molecule has 21 heavy (non-hydrogen) atoms. The van der Waals surface area contributed by atoms with Gasteiger partial charge in [0.15, 0.2) is 6.61 Å². The highest BCUT2D eigenvalue weighted by Gasteiger charge is 2.08. The van der Waals surface area contributed by atoms with E-state index in [9.17, 15) is 4.79 Å². The Kier molecular flexibility index (Phi) is 5.34. The molecule has 0 atom stereocenters. The lowest BCUT2D eigenvalue weighted by Crippen LogP contribution is -2.20. The molecule has 0 fully saturated rings. The molecule has 0 heterocycles. The number of ether oxygens (including phenoxy) is 1. The Bertz CT molecular complexity index is 674. The summed E-state index contributed by atoms with van der Waals surface area (Å²) >= 11 is 17.6. The van der Waals surface area contributed by atoms with Gasteiger partial charge in [-0.2, -0.15) is 0 Å². The second-order valence-corrected chi connectivity index (χ2v) is 5.65. The fraction of sp³-hybridized carbons (Fsp3) is 0.133. The Balaban J connectivity index is 1.96. The van der Waals surface area contributed by atoms with Crippen molar-refractivity contribution in [3.63, 3.8) is 0 Å². The predicted octanol–water partition coefficient (Wildman–Crippen LogP) is 4.97. The van der Waals surface area contributed by atoms with Crippen molar-refractivity contribution in [1.29, 1.82) is 0 Å². The molecule has 6 heteroatoms. The predicted molar refractivity (Wildman–Crippen MR) is 86.8 cm³/mol. The molecule has 0 saturated heterocycles. The molecule has 2 rings (SSSR count). The van der Waals surface area contributed by atoms with Gasteiger partial charge in [-0.1, -0.05) is 34.8 Å². The molecule has 0 unspecified atom stereocenters. The van der Waals surface area contributed by atoms with Gasteiger partial charge in [0.1, 0.15) is 5.75 Å². The van der Waals surface area contributed by atoms with Crippen LogP contribution in [0.1, 0.15) is 5.56 Å². The van der Waals surface area contributed by atoms with Crippen LogP contribution in [0.4, 0.5) is 5.69 Å². The van der Waals surface area contributed by atoms with Crippen molar-refractivity contribution in [3.05, 3.63) is 57.0 Å². The smallest absolute Gasteiger partial charge is 0.262 e. The van der Waals surface area contributed by atoms with Crippen LogP contribution in [-0.4, -0.2) is 12.5 Å². The third-order valence-electron chi connectivity index (χ3n) is 2.72. The maximum Gasteiger partial charge on any atom is 0.262 e. The molecule has 0 aliphatic heterocycles. The number of aryl methyl sites for hydroxylation is 1. The molecule has 1 N–H and O–H groups in total. The minimum atomic E-state index is -0.286. The van der Waals surface area contributed by atoms with Crippen LogP contribution in [0.5, 0.6) is 5.75 Å². The van der Waals surface area contributed by atoms with Crippen molar-refractivity contribution in [2.24, 2.45) is 0 Å². The number of nitrogens with one attached hydrogen (secondary N) is 1. The SMILES string of the molecule is Cc1cc(Cl)ccc1NC(=O)COc1ccc(Cl)cc1Cl. The van der Waals surface area contributed by atoms with Gasteiger partial charge in [0, 0.05) is 15.7 Å². The van der Waals surface area contributed by atoms with Crippen molar-refractivity contribution < 1.29 is 9.53 Å². The summed E-state index contributed by atoms with van der Waals surface area (Å²) in [6, 6.07) is 10.0. The van der Waals surface area contributed by atoms with E-state index in [1.54, 1.807) is 36.4 Å². The zero-order valence-corrected chi connectivity index (χ0v) is 13.4. The van der Waals surface area contributed by atoms with E-state index in [4.69, 9.17) is 39.5 Å². The minimum absolute atomic E-state index is 0.149. The number of hydrogen-bond donors (Lipinski definition) is 1. The van der Waals surface area contributed by atoms with E-state index < -0.39 is 0 Å². The highest BCUT2D eigenvalue weighted by molar-refractivity contribution is 6.35. The van der Waals surface area contributed by atoms with Gasteiger partial charge in [-0.05, 0) is 48.9 Å². The molecule has 0 bridgehead atoms. The zero-order valence-electron chi connectivity index (χ0n) is 11.1. The lowest BCUT2D eigenvalue weighted by Gasteiger charge is -2.10. The Morgan fingerprint density at radius 2 is 1.76 bits per heavy atom. The highest BCUT2D eigenvalue weighted by Crippen LogP contribution is 2.27. The van der Waals surface area contributed by atoms with Gasteiger partial charge in [-0.25, -0.2) is 0 Å². The van der Waals surface area contributed by atoms with Gasteiger partial charge in [0.2, 0.25) is 0 Å². The van der Waals surface area contributed by atoms with Gasteiger partial charge in [-0.15, -0.1) is 0 Å². The van der Waals surface area contributed by atoms with Crippen molar-refractivity contribution in [1.82, 2.24) is 0 Å². The van der Waals surface area contributed by atoms with Gasteiger partial charge in [0.25, 0.3) is 5.91 Å². The summed E-state index contributed by atoms with van der Waals surface area (Å²) in [5.41, 5.74) is 1.57. The maximum atomic E-state index is 11.9. The molecular formula is C15H12Cl3NO2. The number of benzene rings is 2. The molecule has 0 radical (unpaired) electrons. The third-order valence-corrected chi connectivity index (χ3v) is 3.48. The minimum Gasteiger partial charge on any atom is -0.482 e. The molecule has 2 aromatic carbocycles. The third kappa shape index (κ3) is 4.53. The fourth-order valence-electron chi connectivity index (χ4n) is 1.69. The molecule has 0 aliphatic rings. The topological polar surface area (TPSA) is 38.3 Å². The maximum absolute atomic E-state index is 11.9. The van der Waals surface area contributed by atoms with E-state index >= 15 is 0 Å². The van der Waals surface area contributed by atoms with E-state index in [1.165, 1.54) is 0 Å². The molecule has 110 valence electrons. The van der Waals surface area contributed by atoms with Crippen molar-refractivity contribution in [2.75, 3.05) is 11.9 Å². The number of hydrogen-bond acceptors (Lipinski definition) is 2. The van der Waals surface area contributed by atoms with Crippen molar-refractivity contribution in [3.8, 4) is 5.75 Å². The highest BCUT2D eigenvalue weighted by atomic mass is 35.5. The van der Waals surface area contributed by atoms with Crippen LogP contribution in [0.25, 0.3) is 0 Å². The van der Waals surface area contributed by atoms with Gasteiger partial charge in [-0.3, -0.25) is 4.79 Å². The van der Waals surface area contributed by atoms with E-state index in [-0.39, 0.29) is 12.5 Å². The number of anilines is 1. The quantitative estimate of drug-likeness (QED) is 0.850. The first-order valence-electron chi connectivity index (χ1n) is 6.09. The molecule has 0 saturated carbocycles. The van der Waals surface area contributed by atoms with E-state index in [0.717, 1.165) is 5.56 Å². The average molecular weight is 345 g/mol. The summed E-state index contributed by atoms with van der Waals surface area (Å²) in [4.78, 5) is 11.9. The number of amides is 1. The molecule has 0 aliphatic carbocycles. The summed E-state index contributed by atoms with van der Waals surface area (Å²) in [5.74, 6) is 0.121. The monoisotopic (exact) mass is 343 g/mol. The summed E-state index contributed by atoms with van der Waals surface area (Å²) in [6.45, 7) is 1.71. The standard InChI is InChI=1S/C15H12Cl3NO2/c1-9-6-10(16)2-4-13(9)19-15(20)8-21-14-5-3-11(17)7-12(14)18/h2-7H,8H2,1H3,(H,19,20). The number of carbonyl (C=O) groups is 1. The first kappa shape index (κ1) is 16.0. The van der Waals surface area contributed by atoms with Gasteiger partial charge in [0.05, 0.1) is 5.02 Å². The number of carbonyl (C=O) groups excluding carboxylic acids is 1. The normalized spacial score (nSPS) is 10.3. The first-order chi connectivity index (χ1) is 9.95. The fourth-order valence-corrected chi connectivity index (χ4v) is 2.38. The second kappa shape index (κ2) is 7.03. The van der Waals surface area contributed by atoms with Crippen molar-refractivity contribution >= 4 is 46.4 Å². The van der Waals surface area contributed by atoms with Crippen molar-refractivity contribution in [2.45, 2.75) is 6.92 Å². The summed E-state index contributed by atoms with van der Waals surface area (Å²) < 4.78 is 5.36. The Labute approximate surface area is 137 Å². The molecule has 2 aromatic rings.